The molecule has 0 saturated carbocycles. The van der Waals surface area contributed by atoms with E-state index < -0.39 is 0 Å². The van der Waals surface area contributed by atoms with Crippen LogP contribution in [0.5, 0.6) is 0 Å². The van der Waals surface area contributed by atoms with E-state index in [9.17, 15) is 4.79 Å². The normalized spacial score (nSPS) is 10.5. The fraction of sp³-hybridized carbons (Fsp3) is 0. The van der Waals surface area contributed by atoms with Gasteiger partial charge in [-0.15, -0.1) is 0 Å². The summed E-state index contributed by atoms with van der Waals surface area (Å²) in [7, 11) is 0. The third-order valence-electron chi connectivity index (χ3n) is 2.19. The van der Waals surface area contributed by atoms with Crippen LogP contribution in [0, 0.1) is 0 Å². The Labute approximate surface area is 94.5 Å². The van der Waals surface area contributed by atoms with Crippen LogP contribution in [0.3, 0.4) is 0 Å². The number of hydrogen-bond donors (Lipinski definition) is 0. The Morgan fingerprint density at radius 2 is 1.56 bits per heavy atom. The molecule has 2 nitrogen and oxygen atoms in total. The van der Waals surface area contributed by atoms with Crippen LogP contribution >= 0.6 is 0 Å². The van der Waals surface area contributed by atoms with Gasteiger partial charge in [0.25, 0.3) is 0 Å². The first-order chi connectivity index (χ1) is 7.86. The molecule has 0 unspecified atom stereocenters. The third-order valence-corrected chi connectivity index (χ3v) is 2.19. The summed E-state index contributed by atoms with van der Waals surface area (Å²) >= 11 is 0. The summed E-state index contributed by atoms with van der Waals surface area (Å²) in [5.41, 5.74) is 0.704. The second kappa shape index (κ2) is 5.03. The van der Waals surface area contributed by atoms with Gasteiger partial charge in [0.1, 0.15) is 0 Å². The molecule has 0 saturated heterocycles. The van der Waals surface area contributed by atoms with Gasteiger partial charge in [0.15, 0.2) is 24.4 Å². The molecule has 1 heterocycles. The zero-order chi connectivity index (χ0) is 11.2. The van der Waals surface area contributed by atoms with Crippen LogP contribution in [-0.4, -0.2) is 5.78 Å². The quantitative estimate of drug-likeness (QED) is 0.432. The Morgan fingerprint density at radius 3 is 2.25 bits per heavy atom. The highest BCUT2D eigenvalue weighted by molar-refractivity contribution is 6.05. The lowest BCUT2D eigenvalue weighted by molar-refractivity contribution is -0.568. The summed E-state index contributed by atoms with van der Waals surface area (Å²) in [5, 5.41) is 0. The maximum Gasteiger partial charge on any atom is 0.191 e. The maximum absolute atomic E-state index is 11.7. The molecule has 2 heteroatoms. The highest BCUT2D eigenvalue weighted by atomic mass is 16.1. The van der Waals surface area contributed by atoms with Crippen LogP contribution in [-0.2, 0) is 0 Å². The van der Waals surface area contributed by atoms with Gasteiger partial charge in [0.05, 0.1) is 6.08 Å². The molecule has 2 aromatic rings. The summed E-state index contributed by atoms with van der Waals surface area (Å²) in [4.78, 5) is 11.7. The van der Waals surface area contributed by atoms with Crippen molar-refractivity contribution in [2.24, 2.45) is 0 Å². The van der Waals surface area contributed by atoms with Crippen molar-refractivity contribution >= 4 is 12.0 Å². The van der Waals surface area contributed by atoms with Crippen LogP contribution in [0.2, 0.25) is 0 Å². The zero-order valence-electron chi connectivity index (χ0n) is 8.78. The van der Waals surface area contributed by atoms with Crippen molar-refractivity contribution in [3.8, 4) is 0 Å². The van der Waals surface area contributed by atoms with Crippen molar-refractivity contribution in [2.45, 2.75) is 0 Å². The van der Waals surface area contributed by atoms with Gasteiger partial charge in [-0.1, -0.05) is 36.4 Å². The van der Waals surface area contributed by atoms with Crippen molar-refractivity contribution in [3.63, 3.8) is 0 Å². The van der Waals surface area contributed by atoms with Crippen molar-refractivity contribution < 1.29 is 9.36 Å². The molecule has 1 aromatic carbocycles. The molecule has 78 valence electrons. The average molecular weight is 210 g/mol. The van der Waals surface area contributed by atoms with Crippen LogP contribution in [0.25, 0.3) is 6.20 Å². The predicted octanol–water partition coefficient (Wildman–Crippen LogP) is 2.33. The largest absolute Gasteiger partial charge is 0.289 e. The number of aromatic nitrogens is 1. The molecular formula is C14H12NO+. The van der Waals surface area contributed by atoms with Gasteiger partial charge >= 0.3 is 0 Å². The Balaban J connectivity index is 2.12. The van der Waals surface area contributed by atoms with E-state index >= 15 is 0 Å². The van der Waals surface area contributed by atoms with E-state index in [4.69, 9.17) is 0 Å². The molecule has 0 fully saturated rings. The van der Waals surface area contributed by atoms with E-state index in [1.807, 2.05) is 65.5 Å². The summed E-state index contributed by atoms with van der Waals surface area (Å²) in [5.74, 6) is 0.0111. The van der Waals surface area contributed by atoms with Crippen molar-refractivity contribution in [2.75, 3.05) is 0 Å². The fourth-order valence-electron chi connectivity index (χ4n) is 1.36. The predicted molar refractivity (Wildman–Crippen MR) is 62.7 cm³/mol. The fourth-order valence-corrected chi connectivity index (χ4v) is 1.36. The summed E-state index contributed by atoms with van der Waals surface area (Å²) < 4.78 is 1.83. The third kappa shape index (κ3) is 2.64. The Bertz CT molecular complexity index is 489. The number of nitrogens with zero attached hydrogens (tertiary/aromatic N) is 1. The molecule has 0 radical (unpaired) electrons. The standard InChI is InChI=1S/C14H12NO/c16-14(13-7-3-1-4-8-13)9-12-15-10-5-2-6-11-15/h1-12H/q+1. The number of allylic oxidation sites excluding steroid dienone is 1. The van der Waals surface area contributed by atoms with Crippen LogP contribution in [0.4, 0.5) is 0 Å². The van der Waals surface area contributed by atoms with Gasteiger partial charge in [0.2, 0.25) is 0 Å². The molecule has 2 rings (SSSR count). The first-order valence-corrected chi connectivity index (χ1v) is 5.09. The van der Waals surface area contributed by atoms with Crippen molar-refractivity contribution in [1.82, 2.24) is 0 Å². The van der Waals surface area contributed by atoms with E-state index in [1.54, 1.807) is 12.3 Å². The number of pyridine rings is 1. The summed E-state index contributed by atoms with van der Waals surface area (Å²) in [6.07, 6.45) is 7.08. The van der Waals surface area contributed by atoms with Gasteiger partial charge in [0, 0.05) is 17.7 Å². The zero-order valence-corrected chi connectivity index (χ0v) is 8.78. The second-order valence-corrected chi connectivity index (χ2v) is 3.37. The Kier molecular flexibility index (Phi) is 3.24. The van der Waals surface area contributed by atoms with Crippen molar-refractivity contribution in [1.29, 1.82) is 0 Å². The van der Waals surface area contributed by atoms with Crippen LogP contribution < -0.4 is 4.57 Å². The molecule has 0 N–H and O–H groups in total. The van der Waals surface area contributed by atoms with Crippen LogP contribution in [0.1, 0.15) is 10.4 Å². The lowest BCUT2D eigenvalue weighted by Gasteiger charge is -1.92. The highest BCUT2D eigenvalue weighted by Crippen LogP contribution is 2.00. The van der Waals surface area contributed by atoms with E-state index in [1.165, 1.54) is 0 Å². The number of carbonyl (C=O) groups excluding carboxylic acids is 1. The monoisotopic (exact) mass is 210 g/mol. The molecule has 0 aliphatic rings. The molecule has 0 amide bonds. The number of rotatable bonds is 3. The Hall–Kier alpha value is -2.22. The molecule has 0 spiro atoms. The molecule has 0 aliphatic heterocycles. The summed E-state index contributed by atoms with van der Waals surface area (Å²) in [6.45, 7) is 0. The number of ketones is 1. The Morgan fingerprint density at radius 1 is 0.938 bits per heavy atom. The van der Waals surface area contributed by atoms with Gasteiger partial charge in [-0.05, 0) is 0 Å². The van der Waals surface area contributed by atoms with E-state index in [2.05, 4.69) is 0 Å². The summed E-state index contributed by atoms with van der Waals surface area (Å²) in [6, 6.07) is 15.0. The van der Waals surface area contributed by atoms with E-state index in [-0.39, 0.29) is 5.78 Å². The number of benzene rings is 1. The molecule has 0 aliphatic carbocycles. The SMILES string of the molecule is O=C(C=C[n+]1ccccc1)c1ccccc1. The lowest BCUT2D eigenvalue weighted by Crippen LogP contribution is -2.23. The molecular weight excluding hydrogens is 198 g/mol. The minimum atomic E-state index is 0.0111. The van der Waals surface area contributed by atoms with Gasteiger partial charge in [-0.3, -0.25) is 4.79 Å². The smallest absolute Gasteiger partial charge is 0.191 e. The molecule has 0 atom stereocenters. The van der Waals surface area contributed by atoms with E-state index in [0.29, 0.717) is 5.56 Å². The first-order valence-electron chi connectivity index (χ1n) is 5.09. The van der Waals surface area contributed by atoms with Gasteiger partial charge < -0.3 is 0 Å². The molecule has 0 bridgehead atoms. The highest BCUT2D eigenvalue weighted by Gasteiger charge is 2.01. The lowest BCUT2D eigenvalue weighted by atomic mass is 10.1. The first kappa shape index (κ1) is 10.3. The van der Waals surface area contributed by atoms with Gasteiger partial charge in [-0.25, -0.2) is 0 Å². The minimum absolute atomic E-state index is 0.0111. The van der Waals surface area contributed by atoms with E-state index in [0.717, 1.165) is 0 Å². The average Bonchev–Trinajstić information content (AvgIpc) is 2.38. The molecule has 1 aromatic heterocycles. The molecule has 16 heavy (non-hydrogen) atoms. The number of hydrogen-bond acceptors (Lipinski definition) is 1. The van der Waals surface area contributed by atoms with Gasteiger partial charge in [-0.2, -0.15) is 4.57 Å². The van der Waals surface area contributed by atoms with Crippen LogP contribution in [0.15, 0.2) is 67.0 Å². The number of carbonyl (C=O) groups is 1. The van der Waals surface area contributed by atoms with Crippen molar-refractivity contribution in [3.05, 3.63) is 72.6 Å². The maximum atomic E-state index is 11.7. The second-order valence-electron chi connectivity index (χ2n) is 3.37. The minimum Gasteiger partial charge on any atom is -0.289 e. The topological polar surface area (TPSA) is 20.9 Å².